The Balaban J connectivity index is 2.26. The summed E-state index contributed by atoms with van der Waals surface area (Å²) in [5.41, 5.74) is 5.63. The molecule has 1 unspecified atom stereocenters. The predicted molar refractivity (Wildman–Crippen MR) is 76.2 cm³/mol. The highest BCUT2D eigenvalue weighted by Gasteiger charge is 2.32. The lowest BCUT2D eigenvalue weighted by atomic mass is 10.0. The second kappa shape index (κ2) is 5.18. The van der Waals surface area contributed by atoms with E-state index in [0.29, 0.717) is 23.9 Å². The largest absolute Gasteiger partial charge is 0.393 e. The van der Waals surface area contributed by atoms with Crippen molar-refractivity contribution in [2.75, 3.05) is 13.1 Å². The zero-order valence-corrected chi connectivity index (χ0v) is 12.7. The summed E-state index contributed by atoms with van der Waals surface area (Å²) in [5, 5.41) is 0.0936. The van der Waals surface area contributed by atoms with Crippen LogP contribution in [0.2, 0.25) is 0 Å². The molecule has 19 heavy (non-hydrogen) atoms. The van der Waals surface area contributed by atoms with Crippen LogP contribution in [0.4, 0.5) is 0 Å². The molecular weight excluding hydrogens is 284 g/mol. The molecule has 1 aliphatic rings. The van der Waals surface area contributed by atoms with Gasteiger partial charge in [-0.25, -0.2) is 13.4 Å². The molecule has 106 valence electrons. The minimum atomic E-state index is -3.54. The molecule has 2 heterocycles. The molecule has 2 N–H and O–H groups in total. The number of thiocarbonyl (C=S) groups is 1. The van der Waals surface area contributed by atoms with Gasteiger partial charge in [0.25, 0.3) is 10.0 Å². The lowest BCUT2D eigenvalue weighted by molar-refractivity contribution is 0.312. The predicted octanol–water partition coefficient (Wildman–Crippen LogP) is 0.415. The summed E-state index contributed by atoms with van der Waals surface area (Å²) < 4.78 is 28.1. The third-order valence-electron chi connectivity index (χ3n) is 3.48. The molecule has 0 aliphatic carbocycles. The first-order valence-corrected chi connectivity index (χ1v) is 7.96. The van der Waals surface area contributed by atoms with Crippen molar-refractivity contribution in [3.63, 3.8) is 0 Å². The monoisotopic (exact) mass is 302 g/mol. The summed E-state index contributed by atoms with van der Waals surface area (Å²) in [6.07, 6.45) is 3.16. The summed E-state index contributed by atoms with van der Waals surface area (Å²) in [4.78, 5) is 4.48. The van der Waals surface area contributed by atoms with E-state index in [4.69, 9.17) is 18.0 Å². The maximum absolute atomic E-state index is 12.5. The number of sulfonamides is 1. The molecule has 1 aliphatic heterocycles. The molecule has 0 amide bonds. The molecule has 2 rings (SSSR count). The minimum Gasteiger partial charge on any atom is -0.393 e. The van der Waals surface area contributed by atoms with Crippen LogP contribution in [0, 0.1) is 12.8 Å². The Morgan fingerprint density at radius 2 is 2.26 bits per heavy atom. The van der Waals surface area contributed by atoms with Crippen LogP contribution in [0.3, 0.4) is 0 Å². The first-order valence-electron chi connectivity index (χ1n) is 6.12. The van der Waals surface area contributed by atoms with Crippen molar-refractivity contribution in [3.8, 4) is 0 Å². The van der Waals surface area contributed by atoms with Crippen LogP contribution in [0.25, 0.3) is 0 Å². The second-order valence-corrected chi connectivity index (χ2v) is 7.20. The highest BCUT2D eigenvalue weighted by atomic mass is 32.2. The van der Waals surface area contributed by atoms with E-state index in [1.165, 1.54) is 10.5 Å². The van der Waals surface area contributed by atoms with Gasteiger partial charge in [0.15, 0.2) is 5.03 Å². The number of aromatic nitrogens is 2. The van der Waals surface area contributed by atoms with Gasteiger partial charge >= 0.3 is 0 Å². The number of imidazole rings is 1. The van der Waals surface area contributed by atoms with E-state index in [2.05, 4.69) is 4.98 Å². The molecule has 1 aromatic rings. The van der Waals surface area contributed by atoms with Gasteiger partial charge in [0, 0.05) is 32.3 Å². The fourth-order valence-electron chi connectivity index (χ4n) is 2.18. The zero-order chi connectivity index (χ0) is 14.2. The van der Waals surface area contributed by atoms with E-state index in [9.17, 15) is 8.42 Å². The van der Waals surface area contributed by atoms with E-state index in [0.717, 1.165) is 12.8 Å². The van der Waals surface area contributed by atoms with Gasteiger partial charge in [0.2, 0.25) is 0 Å². The summed E-state index contributed by atoms with van der Waals surface area (Å²) in [5.74, 6) is 0.629. The van der Waals surface area contributed by atoms with Gasteiger partial charge in [-0.15, -0.1) is 0 Å². The molecule has 0 spiro atoms. The van der Waals surface area contributed by atoms with Gasteiger partial charge in [0.1, 0.15) is 5.82 Å². The first-order chi connectivity index (χ1) is 8.82. The molecule has 0 radical (unpaired) electrons. The van der Waals surface area contributed by atoms with Gasteiger partial charge in [0.05, 0.1) is 4.99 Å². The zero-order valence-electron chi connectivity index (χ0n) is 11.0. The Labute approximate surface area is 118 Å². The fourth-order valence-corrected chi connectivity index (χ4v) is 3.92. The SMILES string of the molecule is Cc1nc(S(=O)(=O)N2CCCC(C(N)=S)C2)cn1C. The molecule has 0 bridgehead atoms. The molecule has 1 aromatic heterocycles. The average Bonchev–Trinajstić information content (AvgIpc) is 2.70. The highest BCUT2D eigenvalue weighted by Crippen LogP contribution is 2.23. The lowest BCUT2D eigenvalue weighted by Crippen LogP contribution is -2.43. The normalized spacial score (nSPS) is 21.5. The van der Waals surface area contributed by atoms with E-state index in [-0.39, 0.29) is 10.9 Å². The van der Waals surface area contributed by atoms with E-state index >= 15 is 0 Å². The number of nitrogens with zero attached hydrogens (tertiary/aromatic N) is 3. The molecule has 0 saturated carbocycles. The molecule has 6 nitrogen and oxygen atoms in total. The Kier molecular flexibility index (Phi) is 3.93. The van der Waals surface area contributed by atoms with Crippen molar-refractivity contribution in [1.29, 1.82) is 0 Å². The Morgan fingerprint density at radius 3 is 2.79 bits per heavy atom. The van der Waals surface area contributed by atoms with Crippen LogP contribution in [0.1, 0.15) is 18.7 Å². The first kappa shape index (κ1) is 14.4. The second-order valence-electron chi connectivity index (χ2n) is 4.84. The Bertz CT molecular complexity index is 574. The van der Waals surface area contributed by atoms with Gasteiger partial charge < -0.3 is 10.3 Å². The van der Waals surface area contributed by atoms with Gasteiger partial charge in [-0.1, -0.05) is 12.2 Å². The van der Waals surface area contributed by atoms with Crippen molar-refractivity contribution < 1.29 is 8.42 Å². The van der Waals surface area contributed by atoms with Gasteiger partial charge in [-0.05, 0) is 19.8 Å². The maximum atomic E-state index is 12.5. The van der Waals surface area contributed by atoms with Crippen LogP contribution in [-0.2, 0) is 17.1 Å². The quantitative estimate of drug-likeness (QED) is 0.818. The number of nitrogens with two attached hydrogens (primary N) is 1. The van der Waals surface area contributed by atoms with Crippen molar-refractivity contribution in [1.82, 2.24) is 13.9 Å². The molecule has 8 heteroatoms. The minimum absolute atomic E-state index is 0.0386. The third-order valence-corrected chi connectivity index (χ3v) is 5.55. The summed E-state index contributed by atoms with van der Waals surface area (Å²) in [6, 6.07) is 0. The summed E-state index contributed by atoms with van der Waals surface area (Å²) in [7, 11) is -1.77. The highest BCUT2D eigenvalue weighted by molar-refractivity contribution is 7.89. The number of piperidine rings is 1. The van der Waals surface area contributed by atoms with Crippen molar-refractivity contribution in [3.05, 3.63) is 12.0 Å². The van der Waals surface area contributed by atoms with Crippen LogP contribution in [-0.4, -0.2) is 40.4 Å². The number of hydrogen-bond acceptors (Lipinski definition) is 4. The lowest BCUT2D eigenvalue weighted by Gasteiger charge is -2.30. The van der Waals surface area contributed by atoms with Crippen LogP contribution in [0.5, 0.6) is 0 Å². The third kappa shape index (κ3) is 2.80. The van der Waals surface area contributed by atoms with Crippen molar-refractivity contribution >= 4 is 27.2 Å². The number of aryl methyl sites for hydroxylation is 2. The smallest absolute Gasteiger partial charge is 0.262 e. The Morgan fingerprint density at radius 1 is 1.58 bits per heavy atom. The van der Waals surface area contributed by atoms with E-state index < -0.39 is 10.0 Å². The fraction of sp³-hybridized carbons (Fsp3) is 0.636. The van der Waals surface area contributed by atoms with Gasteiger partial charge in [-0.3, -0.25) is 0 Å². The van der Waals surface area contributed by atoms with Crippen LogP contribution >= 0.6 is 12.2 Å². The molecule has 1 atom stereocenters. The van der Waals surface area contributed by atoms with Crippen molar-refractivity contribution in [2.24, 2.45) is 18.7 Å². The van der Waals surface area contributed by atoms with Crippen LogP contribution in [0.15, 0.2) is 11.2 Å². The number of hydrogen-bond donors (Lipinski definition) is 1. The summed E-state index contributed by atoms with van der Waals surface area (Å²) >= 11 is 4.97. The molecule has 1 saturated heterocycles. The average molecular weight is 302 g/mol. The maximum Gasteiger partial charge on any atom is 0.262 e. The number of rotatable bonds is 3. The van der Waals surface area contributed by atoms with Crippen LogP contribution < -0.4 is 5.73 Å². The van der Waals surface area contributed by atoms with E-state index in [1.54, 1.807) is 18.5 Å². The molecule has 1 fully saturated rings. The van der Waals surface area contributed by atoms with Crippen molar-refractivity contribution in [2.45, 2.75) is 24.8 Å². The summed E-state index contributed by atoms with van der Waals surface area (Å²) in [6.45, 7) is 2.62. The Hall–Kier alpha value is -0.990. The molecular formula is C11H18N4O2S2. The standard InChI is InChI=1S/C11H18N4O2S2/c1-8-13-10(7-14(8)2)19(16,17)15-5-3-4-9(6-15)11(12)18/h7,9H,3-6H2,1-2H3,(H2,12,18). The van der Waals surface area contributed by atoms with Gasteiger partial charge in [-0.2, -0.15) is 4.31 Å². The van der Waals surface area contributed by atoms with E-state index in [1.807, 2.05) is 0 Å². The molecule has 0 aromatic carbocycles. The topological polar surface area (TPSA) is 81.2 Å².